The Morgan fingerprint density at radius 2 is 2.11 bits per heavy atom. The number of hydrogen-bond acceptors (Lipinski definition) is 4. The zero-order valence-corrected chi connectivity index (χ0v) is 9.49. The van der Waals surface area contributed by atoms with Crippen molar-refractivity contribution >= 4 is 11.4 Å². The van der Waals surface area contributed by atoms with Gasteiger partial charge in [0.15, 0.2) is 0 Å². The van der Waals surface area contributed by atoms with Crippen molar-refractivity contribution in [1.29, 1.82) is 0 Å². The minimum atomic E-state index is -4.77. The van der Waals surface area contributed by atoms with Crippen molar-refractivity contribution in [3.63, 3.8) is 0 Å². The lowest BCUT2D eigenvalue weighted by atomic mass is 10.1. The second kappa shape index (κ2) is 5.21. The molecular weight excluding hydrogens is 251 g/mol. The Kier molecular flexibility index (Phi) is 4.12. The highest BCUT2D eigenvalue weighted by atomic mass is 19.4. The minimum Gasteiger partial charge on any atom is -0.381 e. The third kappa shape index (κ3) is 3.33. The number of hydrogen-bond donors (Lipinski definition) is 2. The van der Waals surface area contributed by atoms with E-state index in [1.807, 2.05) is 0 Å². The number of nitrogens with zero attached hydrogens (tertiary/aromatic N) is 1. The summed E-state index contributed by atoms with van der Waals surface area (Å²) in [6, 6.07) is 2.53. The molecule has 1 unspecified atom stereocenters. The van der Waals surface area contributed by atoms with Crippen molar-refractivity contribution in [3.8, 4) is 0 Å². The second-order valence-electron chi connectivity index (χ2n) is 3.77. The van der Waals surface area contributed by atoms with Gasteiger partial charge in [-0.1, -0.05) is 0 Å². The van der Waals surface area contributed by atoms with Gasteiger partial charge < -0.3 is 11.1 Å². The summed E-state index contributed by atoms with van der Waals surface area (Å²) >= 11 is 0. The number of rotatable bonds is 4. The van der Waals surface area contributed by atoms with Crippen molar-refractivity contribution in [2.45, 2.75) is 19.1 Å². The van der Waals surface area contributed by atoms with Crippen LogP contribution >= 0.6 is 0 Å². The van der Waals surface area contributed by atoms with E-state index >= 15 is 0 Å². The van der Waals surface area contributed by atoms with Gasteiger partial charge in [-0.25, -0.2) is 0 Å². The lowest BCUT2D eigenvalue weighted by Crippen LogP contribution is -2.25. The highest BCUT2D eigenvalue weighted by molar-refractivity contribution is 5.55. The van der Waals surface area contributed by atoms with Crippen LogP contribution in [-0.2, 0) is 6.18 Å². The van der Waals surface area contributed by atoms with Gasteiger partial charge in [0.05, 0.1) is 4.92 Å². The van der Waals surface area contributed by atoms with Crippen molar-refractivity contribution in [2.75, 3.05) is 11.9 Å². The Morgan fingerprint density at radius 1 is 1.50 bits per heavy atom. The smallest absolute Gasteiger partial charge is 0.381 e. The molecule has 3 N–H and O–H groups in total. The van der Waals surface area contributed by atoms with E-state index in [0.717, 1.165) is 6.07 Å². The second-order valence-corrected chi connectivity index (χ2v) is 3.77. The molecule has 1 atom stereocenters. The predicted molar refractivity (Wildman–Crippen MR) is 60.2 cm³/mol. The number of nitrogens with one attached hydrogen (secondary N) is 1. The summed E-state index contributed by atoms with van der Waals surface area (Å²) in [7, 11) is 0. The van der Waals surface area contributed by atoms with E-state index in [2.05, 4.69) is 5.32 Å². The Labute approximate surface area is 101 Å². The number of benzene rings is 1. The lowest BCUT2D eigenvalue weighted by molar-refractivity contribution is -0.388. The standard InChI is InChI=1S/C10H12F3N3O2/c1-6(5-14)15-7-2-3-9(16(17)18)8(4-7)10(11,12)13/h2-4,6,15H,5,14H2,1H3. The molecule has 0 aliphatic carbocycles. The molecule has 0 fully saturated rings. The number of nitro groups is 1. The molecule has 0 bridgehead atoms. The molecule has 0 heterocycles. The van der Waals surface area contributed by atoms with Crippen LogP contribution in [0.4, 0.5) is 24.5 Å². The van der Waals surface area contributed by atoms with Crippen molar-refractivity contribution in [2.24, 2.45) is 5.73 Å². The maximum Gasteiger partial charge on any atom is 0.423 e. The predicted octanol–water partition coefficient (Wildman–Crippen LogP) is 2.37. The number of nitrogens with two attached hydrogens (primary N) is 1. The third-order valence-corrected chi connectivity index (χ3v) is 2.27. The molecule has 0 saturated heterocycles. The van der Waals surface area contributed by atoms with Crippen LogP contribution in [0.25, 0.3) is 0 Å². The maximum atomic E-state index is 12.7. The molecule has 1 rings (SSSR count). The Balaban J connectivity index is 3.18. The van der Waals surface area contributed by atoms with Gasteiger partial charge in [-0.15, -0.1) is 0 Å². The molecule has 1 aromatic carbocycles. The number of anilines is 1. The van der Waals surface area contributed by atoms with Crippen LogP contribution < -0.4 is 11.1 Å². The van der Waals surface area contributed by atoms with Gasteiger partial charge in [-0.3, -0.25) is 10.1 Å². The molecule has 5 nitrogen and oxygen atoms in total. The van der Waals surface area contributed by atoms with Crippen LogP contribution in [0.2, 0.25) is 0 Å². The molecule has 0 spiro atoms. The highest BCUT2D eigenvalue weighted by Crippen LogP contribution is 2.37. The van der Waals surface area contributed by atoms with Crippen molar-refractivity contribution < 1.29 is 18.1 Å². The lowest BCUT2D eigenvalue weighted by Gasteiger charge is -2.14. The fourth-order valence-corrected chi connectivity index (χ4v) is 1.36. The van der Waals surface area contributed by atoms with Gasteiger partial charge in [0.25, 0.3) is 5.69 Å². The average molecular weight is 263 g/mol. The molecule has 0 aromatic heterocycles. The largest absolute Gasteiger partial charge is 0.423 e. The number of halogens is 3. The van der Waals surface area contributed by atoms with Gasteiger partial charge in [0, 0.05) is 24.3 Å². The number of alkyl halides is 3. The molecule has 0 amide bonds. The summed E-state index contributed by atoms with van der Waals surface area (Å²) < 4.78 is 38.0. The minimum absolute atomic E-state index is 0.144. The molecule has 8 heteroatoms. The van der Waals surface area contributed by atoms with Crippen LogP contribution in [0.15, 0.2) is 18.2 Å². The average Bonchev–Trinajstić information content (AvgIpc) is 2.27. The molecule has 0 radical (unpaired) electrons. The Morgan fingerprint density at radius 3 is 2.56 bits per heavy atom. The van der Waals surface area contributed by atoms with Crippen LogP contribution in [0.1, 0.15) is 12.5 Å². The molecule has 1 aromatic rings. The van der Waals surface area contributed by atoms with E-state index in [4.69, 9.17) is 5.73 Å². The van der Waals surface area contributed by atoms with Gasteiger partial charge >= 0.3 is 6.18 Å². The van der Waals surface area contributed by atoms with Gasteiger partial charge in [-0.05, 0) is 19.1 Å². The first-order valence-electron chi connectivity index (χ1n) is 5.08. The molecule has 100 valence electrons. The number of nitro benzene ring substituents is 1. The quantitative estimate of drug-likeness (QED) is 0.645. The first-order chi connectivity index (χ1) is 8.25. The Bertz CT molecular complexity index is 448. The molecule has 0 aliphatic rings. The topological polar surface area (TPSA) is 81.2 Å². The van der Waals surface area contributed by atoms with E-state index in [-0.39, 0.29) is 18.3 Å². The summed E-state index contributed by atoms with van der Waals surface area (Å²) in [4.78, 5) is 9.47. The van der Waals surface area contributed by atoms with Crippen LogP contribution in [-0.4, -0.2) is 17.5 Å². The van der Waals surface area contributed by atoms with Gasteiger partial charge in [0.1, 0.15) is 5.56 Å². The van der Waals surface area contributed by atoms with Crippen LogP contribution in [0, 0.1) is 10.1 Å². The summed E-state index contributed by atoms with van der Waals surface area (Å²) in [5.74, 6) is 0. The van der Waals surface area contributed by atoms with Crippen molar-refractivity contribution in [3.05, 3.63) is 33.9 Å². The highest BCUT2D eigenvalue weighted by Gasteiger charge is 2.38. The van der Waals surface area contributed by atoms with E-state index < -0.39 is 22.4 Å². The normalized spacial score (nSPS) is 13.2. The molecule has 18 heavy (non-hydrogen) atoms. The fraction of sp³-hybridized carbons (Fsp3) is 0.400. The maximum absolute atomic E-state index is 12.7. The summed E-state index contributed by atoms with van der Waals surface area (Å²) in [6.45, 7) is 1.92. The zero-order chi connectivity index (χ0) is 13.9. The van der Waals surface area contributed by atoms with E-state index in [1.54, 1.807) is 6.92 Å². The van der Waals surface area contributed by atoms with E-state index in [9.17, 15) is 23.3 Å². The van der Waals surface area contributed by atoms with E-state index in [0.29, 0.717) is 6.07 Å². The van der Waals surface area contributed by atoms with Crippen LogP contribution in [0.5, 0.6) is 0 Å². The van der Waals surface area contributed by atoms with Crippen LogP contribution in [0.3, 0.4) is 0 Å². The fourth-order valence-electron chi connectivity index (χ4n) is 1.36. The Hall–Kier alpha value is -1.83. The molecule has 0 saturated carbocycles. The van der Waals surface area contributed by atoms with Gasteiger partial charge in [-0.2, -0.15) is 13.2 Å². The summed E-state index contributed by atoms with van der Waals surface area (Å²) in [5, 5.41) is 13.2. The first kappa shape index (κ1) is 14.2. The van der Waals surface area contributed by atoms with E-state index in [1.165, 1.54) is 6.07 Å². The summed E-state index contributed by atoms with van der Waals surface area (Å²) in [5.41, 5.74) is 3.23. The first-order valence-corrected chi connectivity index (χ1v) is 5.08. The van der Waals surface area contributed by atoms with Crippen molar-refractivity contribution in [1.82, 2.24) is 0 Å². The SMILES string of the molecule is CC(CN)Nc1ccc([N+](=O)[O-])c(C(F)(F)F)c1. The zero-order valence-electron chi connectivity index (χ0n) is 9.49. The third-order valence-electron chi connectivity index (χ3n) is 2.27. The van der Waals surface area contributed by atoms with Gasteiger partial charge in [0.2, 0.25) is 0 Å². The summed E-state index contributed by atoms with van der Waals surface area (Å²) in [6.07, 6.45) is -4.77. The monoisotopic (exact) mass is 263 g/mol. The molecule has 0 aliphatic heterocycles. The molecular formula is C10H12F3N3O2.